The second-order valence-electron chi connectivity index (χ2n) is 9.38. The van der Waals surface area contributed by atoms with Crippen molar-refractivity contribution in [3.8, 4) is 0 Å². The van der Waals surface area contributed by atoms with Crippen LogP contribution < -0.4 is 45.0 Å². The van der Waals surface area contributed by atoms with Gasteiger partial charge in [0.1, 0.15) is 17.9 Å². The Hall–Kier alpha value is -3.37. The summed E-state index contributed by atoms with van der Waals surface area (Å²) in [4.78, 5) is 59.0. The predicted molar refractivity (Wildman–Crippen MR) is 165 cm³/mol. The molecule has 14 N–H and O–H groups in total. The van der Waals surface area contributed by atoms with Crippen LogP contribution in [0, 0.1) is 5.92 Å². The first kappa shape index (κ1) is 37.6. The maximum absolute atomic E-state index is 13.5. The number of allylic oxidation sites excluding steroid dienone is 1. The number of carbonyl (C=O) groups excluding carboxylic acids is 4. The minimum atomic E-state index is -0.907. The largest absolute Gasteiger partial charge is 0.370 e. The minimum Gasteiger partial charge on any atom is -0.370 e. The Labute approximate surface area is 246 Å². The highest BCUT2D eigenvalue weighted by Crippen LogP contribution is 2.17. The second kappa shape index (κ2) is 22.3. The Bertz CT molecular complexity index is 860. The quantitative estimate of drug-likeness (QED) is 0.0275. The molecule has 41 heavy (non-hydrogen) atoms. The number of carbonyl (C=O) groups is 4. The number of amides is 3. The Kier molecular flexibility index (Phi) is 20.5. The smallest absolute Gasteiger partial charge is 0.238 e. The number of hydrogen-bond donors (Lipinski definition) is 8. The van der Waals surface area contributed by atoms with Gasteiger partial charge in [-0.3, -0.25) is 24.4 Å². The zero-order chi connectivity index (χ0) is 31.2. The molecule has 0 rings (SSSR count). The Morgan fingerprint density at radius 2 is 1.34 bits per heavy atom. The molecule has 16 heteroatoms. The summed E-state index contributed by atoms with van der Waals surface area (Å²) in [5.41, 5.74) is 32.6. The fraction of sp³-hybridized carbons (Fsp3) is 0.680. The third-order valence-corrected chi connectivity index (χ3v) is 6.62. The third-order valence-electron chi connectivity index (χ3n) is 5.55. The zero-order valence-corrected chi connectivity index (χ0v) is 25.0. The summed E-state index contributed by atoms with van der Waals surface area (Å²) >= 11 is 1.59. The van der Waals surface area contributed by atoms with Crippen LogP contribution in [0.1, 0.15) is 39.5 Å². The lowest BCUT2D eigenvalue weighted by Gasteiger charge is -2.27. The van der Waals surface area contributed by atoms with E-state index >= 15 is 0 Å². The number of rotatable bonds is 22. The maximum Gasteiger partial charge on any atom is 0.238 e. The fourth-order valence-electron chi connectivity index (χ4n) is 3.47. The van der Waals surface area contributed by atoms with E-state index in [1.165, 1.54) is 6.92 Å². The van der Waals surface area contributed by atoms with Crippen LogP contribution in [0.15, 0.2) is 22.1 Å². The van der Waals surface area contributed by atoms with Gasteiger partial charge >= 0.3 is 0 Å². The number of aliphatic imine (C=N–C) groups is 2. The molecule has 0 unspecified atom stereocenters. The van der Waals surface area contributed by atoms with Crippen LogP contribution in [0.4, 0.5) is 0 Å². The van der Waals surface area contributed by atoms with E-state index in [1.807, 2.05) is 13.0 Å². The fourth-order valence-corrected chi connectivity index (χ4v) is 4.42. The molecule has 15 nitrogen and oxygen atoms in total. The van der Waals surface area contributed by atoms with Gasteiger partial charge in [-0.2, -0.15) is 11.8 Å². The highest BCUT2D eigenvalue weighted by Gasteiger charge is 2.25. The first-order valence-corrected chi connectivity index (χ1v) is 14.7. The third kappa shape index (κ3) is 19.4. The molecule has 0 aliphatic rings. The van der Waals surface area contributed by atoms with Gasteiger partial charge in [0.05, 0.1) is 19.0 Å². The Morgan fingerprint density at radius 1 is 0.854 bits per heavy atom. The first-order chi connectivity index (χ1) is 19.4. The van der Waals surface area contributed by atoms with E-state index in [0.29, 0.717) is 31.7 Å². The number of hydrogen-bond acceptors (Lipinski definition) is 9. The number of guanidine groups is 2. The summed E-state index contributed by atoms with van der Waals surface area (Å²) in [5.74, 6) is -0.627. The van der Waals surface area contributed by atoms with E-state index in [-0.39, 0.29) is 56.2 Å². The van der Waals surface area contributed by atoms with E-state index in [4.69, 9.17) is 34.4 Å². The summed E-state index contributed by atoms with van der Waals surface area (Å²) in [6, 6.07) is -1.81. The van der Waals surface area contributed by atoms with Crippen LogP contribution in [0.25, 0.3) is 0 Å². The molecular weight excluding hydrogens is 550 g/mol. The van der Waals surface area contributed by atoms with Crippen molar-refractivity contribution >= 4 is 47.2 Å². The highest BCUT2D eigenvalue weighted by molar-refractivity contribution is 7.99. The van der Waals surface area contributed by atoms with Gasteiger partial charge in [-0.05, 0) is 26.2 Å². The number of ketones is 1. The maximum atomic E-state index is 13.5. The number of nitrogens with zero attached hydrogens (tertiary/aromatic N) is 3. The van der Waals surface area contributed by atoms with Crippen LogP contribution in [0.2, 0.25) is 0 Å². The second-order valence-corrected chi connectivity index (χ2v) is 10.5. The summed E-state index contributed by atoms with van der Waals surface area (Å²) < 4.78 is 0. The molecule has 0 aliphatic carbocycles. The number of thioether (sulfide) groups is 1. The Morgan fingerprint density at radius 3 is 1.76 bits per heavy atom. The lowest BCUT2D eigenvalue weighted by molar-refractivity contribution is -0.137. The van der Waals surface area contributed by atoms with Gasteiger partial charge in [0.15, 0.2) is 11.9 Å². The minimum absolute atomic E-state index is 0.0437. The standard InChI is InChI=1S/C25H49N11O4S/c1-3-4-5-12-41-16-18(13-17(2)37)23(40)36(10-6-8-32-21(38)19(26)14-34-24(28)29)11-7-9-33-22(39)20(27)15-35-25(30)31/h4-5,18-20H,3,6-16,26-27H2,1-2H3,(H,32,38)(H,33,39)(H4,28,29,34)(H4,30,31,35)/b5-4-/t18-,19-,20+/m0/s1. The summed E-state index contributed by atoms with van der Waals surface area (Å²) in [6.07, 6.45) is 6.04. The van der Waals surface area contributed by atoms with Gasteiger partial charge in [0.2, 0.25) is 17.7 Å². The SMILES string of the molecule is CC/C=C\CSC[C@H](CC(C)=O)C(=O)N(CCCNC(=O)[C@H](N)CN=C(N)N)CCCNC(=O)[C@@H](N)CN=C(N)N. The van der Waals surface area contributed by atoms with E-state index in [9.17, 15) is 19.2 Å². The van der Waals surface area contributed by atoms with Crippen LogP contribution in [-0.2, 0) is 19.2 Å². The van der Waals surface area contributed by atoms with Gasteiger partial charge in [-0.1, -0.05) is 19.1 Å². The van der Waals surface area contributed by atoms with Gasteiger partial charge in [-0.15, -0.1) is 0 Å². The normalized spacial score (nSPS) is 13.1. The predicted octanol–water partition coefficient (Wildman–Crippen LogP) is -2.68. The molecule has 3 amide bonds. The summed E-state index contributed by atoms with van der Waals surface area (Å²) in [5, 5.41) is 5.42. The van der Waals surface area contributed by atoms with Gasteiger partial charge in [0, 0.05) is 44.1 Å². The van der Waals surface area contributed by atoms with E-state index in [2.05, 4.69) is 26.7 Å². The van der Waals surface area contributed by atoms with Gasteiger partial charge in [0.25, 0.3) is 0 Å². The molecule has 0 saturated carbocycles. The molecule has 3 atom stereocenters. The Balaban J connectivity index is 5.20. The molecule has 0 fully saturated rings. The first-order valence-electron chi connectivity index (χ1n) is 13.6. The van der Waals surface area contributed by atoms with E-state index in [1.54, 1.807) is 16.7 Å². The molecule has 234 valence electrons. The monoisotopic (exact) mass is 599 g/mol. The van der Waals surface area contributed by atoms with Crippen molar-refractivity contribution in [3.05, 3.63) is 12.2 Å². The number of nitrogens with one attached hydrogen (secondary N) is 2. The lowest BCUT2D eigenvalue weighted by Crippen LogP contribution is -2.45. The van der Waals surface area contributed by atoms with Gasteiger partial charge in [-0.25, -0.2) is 0 Å². The molecule has 0 radical (unpaired) electrons. The average Bonchev–Trinajstić information content (AvgIpc) is 2.91. The zero-order valence-electron chi connectivity index (χ0n) is 24.2. The number of Topliss-reactive ketones (excluding diaryl/α,β-unsaturated/α-hetero) is 1. The molecule has 0 aromatic rings. The van der Waals surface area contributed by atoms with Crippen molar-refractivity contribution in [2.24, 2.45) is 50.3 Å². The van der Waals surface area contributed by atoms with Crippen molar-refractivity contribution in [3.63, 3.8) is 0 Å². The van der Waals surface area contributed by atoms with Crippen molar-refractivity contribution < 1.29 is 19.2 Å². The number of nitrogens with two attached hydrogens (primary N) is 6. The van der Waals surface area contributed by atoms with Crippen molar-refractivity contribution in [1.29, 1.82) is 0 Å². The summed E-state index contributed by atoms with van der Waals surface area (Å²) in [6.45, 7) is 4.61. The molecule has 0 heterocycles. The van der Waals surface area contributed by atoms with Crippen molar-refractivity contribution in [1.82, 2.24) is 15.5 Å². The topological polar surface area (TPSA) is 276 Å². The molecule has 0 aromatic carbocycles. The van der Waals surface area contributed by atoms with E-state index < -0.39 is 29.8 Å². The van der Waals surface area contributed by atoms with Crippen LogP contribution in [0.5, 0.6) is 0 Å². The molecular formula is C25H49N11O4S. The molecule has 0 aromatic heterocycles. The highest BCUT2D eigenvalue weighted by atomic mass is 32.2. The molecule has 0 spiro atoms. The lowest BCUT2D eigenvalue weighted by atomic mass is 10.0. The summed E-state index contributed by atoms with van der Waals surface area (Å²) in [7, 11) is 0. The molecule has 0 saturated heterocycles. The molecule has 0 aliphatic heterocycles. The van der Waals surface area contributed by atoms with Crippen LogP contribution >= 0.6 is 11.8 Å². The molecule has 0 bridgehead atoms. The van der Waals surface area contributed by atoms with E-state index in [0.717, 1.165) is 12.2 Å². The van der Waals surface area contributed by atoms with Crippen molar-refractivity contribution in [2.75, 3.05) is 50.8 Å². The van der Waals surface area contributed by atoms with Crippen LogP contribution in [-0.4, -0.2) is 103 Å². The van der Waals surface area contributed by atoms with Gasteiger partial charge < -0.3 is 54.7 Å². The van der Waals surface area contributed by atoms with Crippen molar-refractivity contribution in [2.45, 2.75) is 51.6 Å². The van der Waals surface area contributed by atoms with Crippen LogP contribution in [0.3, 0.4) is 0 Å². The average molecular weight is 600 g/mol.